The molecule has 12 aromatic carbocycles. The maximum absolute atomic E-state index is 15.0. The smallest absolute Gasteiger partial charge is 0.418 e. The van der Waals surface area contributed by atoms with E-state index in [0.717, 1.165) is 62.0 Å². The van der Waals surface area contributed by atoms with Gasteiger partial charge in [0.1, 0.15) is 34.2 Å². The molecule has 0 amide bonds. The molecule has 4 heterocycles. The molecule has 0 saturated heterocycles. The summed E-state index contributed by atoms with van der Waals surface area (Å²) >= 11 is 0. The predicted molar refractivity (Wildman–Crippen MR) is 468 cm³/mol. The number of nitrogens with zero attached hydrogens (tertiary/aromatic N) is 5. The van der Waals surface area contributed by atoms with Gasteiger partial charge in [0.2, 0.25) is 0 Å². The number of rotatable bonds is 21. The summed E-state index contributed by atoms with van der Waals surface area (Å²) in [6.45, 7) is 4.52. The summed E-state index contributed by atoms with van der Waals surface area (Å²) in [7, 11) is 2.73. The van der Waals surface area contributed by atoms with Crippen LogP contribution in [0, 0.1) is 17.0 Å². The molecule has 2 atom stereocenters. The van der Waals surface area contributed by atoms with Crippen molar-refractivity contribution in [3.8, 4) is 11.5 Å². The maximum Gasteiger partial charge on any atom is 0.418 e. The van der Waals surface area contributed by atoms with Crippen molar-refractivity contribution in [3.63, 3.8) is 0 Å². The van der Waals surface area contributed by atoms with E-state index in [1.165, 1.54) is 90.4 Å². The first-order valence-electron chi connectivity index (χ1n) is 39.6. The number of aromatic nitrogens is 4. The highest BCUT2D eigenvalue weighted by Crippen LogP contribution is 2.49. The fourth-order valence-electron chi connectivity index (χ4n) is 16.3. The van der Waals surface area contributed by atoms with Crippen molar-refractivity contribution in [1.82, 2.24) is 19.1 Å². The van der Waals surface area contributed by atoms with E-state index in [-0.39, 0.29) is 28.0 Å². The van der Waals surface area contributed by atoms with Crippen LogP contribution in [0.25, 0.3) is 43.6 Å². The van der Waals surface area contributed by atoms with E-state index in [1.807, 2.05) is 146 Å². The minimum atomic E-state index is -5.02. The average molecular weight is 1650 g/mol. The molecule has 4 aromatic heterocycles. The van der Waals surface area contributed by atoms with Crippen molar-refractivity contribution in [1.29, 1.82) is 5.41 Å². The zero-order chi connectivity index (χ0) is 86.5. The molecule has 0 fully saturated rings. The van der Waals surface area contributed by atoms with Gasteiger partial charge in [-0.2, -0.15) is 26.3 Å². The molecule has 0 aliphatic rings. The quantitative estimate of drug-likeness (QED) is 0.0350. The Morgan fingerprint density at radius 2 is 0.746 bits per heavy atom. The van der Waals surface area contributed by atoms with Crippen molar-refractivity contribution in [2.75, 3.05) is 25.3 Å². The minimum absolute atomic E-state index is 0.173. The van der Waals surface area contributed by atoms with Crippen LogP contribution in [0.5, 0.6) is 11.5 Å². The van der Waals surface area contributed by atoms with E-state index in [1.54, 1.807) is 68.7 Å². The molecule has 0 radical (unpaired) electrons. The molecule has 0 aliphatic carbocycles. The lowest BCUT2D eigenvalue weighted by Crippen LogP contribution is -2.52. The van der Waals surface area contributed by atoms with Gasteiger partial charge in [-0.3, -0.25) is 15.0 Å². The van der Waals surface area contributed by atoms with Gasteiger partial charge >= 0.3 is 12.4 Å². The number of alkyl halides is 6. The van der Waals surface area contributed by atoms with Crippen molar-refractivity contribution < 1.29 is 54.8 Å². The van der Waals surface area contributed by atoms with Gasteiger partial charge in [0.15, 0.2) is 11.2 Å². The molecular formula is C102H92F8N8O4. The van der Waals surface area contributed by atoms with Crippen LogP contribution in [-0.4, -0.2) is 67.1 Å². The van der Waals surface area contributed by atoms with Gasteiger partial charge < -0.3 is 45.3 Å². The zero-order valence-corrected chi connectivity index (χ0v) is 68.0. The first-order valence-corrected chi connectivity index (χ1v) is 39.6. The van der Waals surface area contributed by atoms with Crippen LogP contribution in [0.15, 0.2) is 369 Å². The second kappa shape index (κ2) is 36.6. The Balaban J connectivity index is 0.000000154. The van der Waals surface area contributed by atoms with Gasteiger partial charge in [0.05, 0.1) is 60.1 Å². The van der Waals surface area contributed by atoms with Crippen molar-refractivity contribution >= 4 is 55.0 Å². The summed E-state index contributed by atoms with van der Waals surface area (Å²) in [5.41, 5.74) is 6.64. The fourth-order valence-corrected chi connectivity index (χ4v) is 16.3. The Labute approximate surface area is 702 Å². The maximum atomic E-state index is 15.0. The molecular weight excluding hydrogens is 1550 g/mol. The van der Waals surface area contributed by atoms with Crippen LogP contribution in [0.3, 0.4) is 0 Å². The molecule has 2 unspecified atom stereocenters. The number of methoxy groups -OCH3 is 2. The standard InChI is InChI=1S/C42H38F4N2O2.C28H22N2.C23H24F4N2O2.C9H8N2/c1-39(2,35-27-33(43)23-24-38(35)50-3)28-40(49,42(44,45)46)29-48-26-25-36(34-21-13-14-22-37(34)48)47-41(30-15-7-4-8-16-30,31-17-9-5-10-18-31)32-19-11-6-12-20-32;1-4-12-22(13-5-1)28(23-14-6-2-7-15-23,24-16-8-3-9-17-24)30-27-20-21-29-26-19-11-10-18-25(26)27;1-21(2,17-12-15(24)8-9-20(17)31-3)13-22(30,23(25,26)27)14-29-11-10-18(28)16-6-4-5-7-19(16)29;10-8-5-6-11-9-4-2-1-3-7(8)9/h4-27,49H,28-29H2,1-3H3;1-21H,(H,29,30);4-12,28,30H,13-14H2,1-3H3;1-6H,(H2,10,11). The topological polar surface area (TPSA) is 169 Å². The van der Waals surface area contributed by atoms with E-state index in [2.05, 4.69) is 131 Å². The molecule has 620 valence electrons. The number of nitrogen functional groups attached to an aromatic ring is 1. The summed E-state index contributed by atoms with van der Waals surface area (Å²) in [5.74, 6) is -0.733. The van der Waals surface area contributed by atoms with Gasteiger partial charge in [-0.25, -0.2) is 8.78 Å². The van der Waals surface area contributed by atoms with Crippen LogP contribution in [0.1, 0.15) is 85.0 Å². The Morgan fingerprint density at radius 1 is 0.402 bits per heavy atom. The van der Waals surface area contributed by atoms with Gasteiger partial charge in [-0.05, 0) is 142 Å². The molecule has 122 heavy (non-hydrogen) atoms. The van der Waals surface area contributed by atoms with Crippen LogP contribution in [0.2, 0.25) is 0 Å². The summed E-state index contributed by atoms with van der Waals surface area (Å²) in [6, 6.07) is 106. The van der Waals surface area contributed by atoms with Gasteiger partial charge in [-0.15, -0.1) is 0 Å². The van der Waals surface area contributed by atoms with E-state index < -0.39 is 83.0 Å². The Bertz CT molecular complexity index is 6180. The molecule has 12 nitrogen and oxygen atoms in total. The highest BCUT2D eigenvalue weighted by Gasteiger charge is 2.58. The van der Waals surface area contributed by atoms with E-state index in [9.17, 15) is 45.3 Å². The number of benzene rings is 12. The SMILES string of the molecule is COc1ccc(F)cc1C(C)(C)CC(O)(Cn1ccc(=N)c2ccccc21)C(F)(F)F.COc1ccc(F)cc1C(C)(C)CC(O)(Cn1ccc(=NC(c2ccccc2)(c2ccccc2)c2ccccc2)c2ccccc21)C(F)(F)F.Nc1ccnc2ccccc12.c1ccc(C(Nc2ccnc3ccccc23)(c2ccccc2)c2ccccc2)cc1. The third-order valence-electron chi connectivity index (χ3n) is 22.1. The van der Waals surface area contributed by atoms with Crippen molar-refractivity contribution in [3.05, 3.63) is 431 Å². The lowest BCUT2D eigenvalue weighted by atomic mass is 9.74. The average Bonchev–Trinajstić information content (AvgIpc) is 0.753. The molecule has 16 rings (SSSR count). The van der Waals surface area contributed by atoms with Gasteiger partial charge in [0, 0.05) is 68.8 Å². The van der Waals surface area contributed by atoms with Crippen LogP contribution >= 0.6 is 0 Å². The normalized spacial score (nSPS) is 13.1. The molecule has 20 heteroatoms. The molecule has 16 aromatic rings. The molecule has 0 saturated carbocycles. The number of para-hydroxylation sites is 4. The second-order valence-corrected chi connectivity index (χ2v) is 31.3. The van der Waals surface area contributed by atoms with Crippen LogP contribution in [0.4, 0.5) is 46.5 Å². The summed E-state index contributed by atoms with van der Waals surface area (Å²) in [4.78, 5) is 14.2. The van der Waals surface area contributed by atoms with E-state index in [0.29, 0.717) is 27.2 Å². The number of nitrogens with one attached hydrogen (secondary N) is 2. The number of anilines is 2. The summed E-state index contributed by atoms with van der Waals surface area (Å²) in [6.07, 6.45) is -4.97. The first kappa shape index (κ1) is 86.3. The van der Waals surface area contributed by atoms with Crippen LogP contribution < -0.4 is 31.2 Å². The highest BCUT2D eigenvalue weighted by atomic mass is 19.4. The number of fused-ring (bicyclic) bond motifs is 4. The van der Waals surface area contributed by atoms with Gasteiger partial charge in [0.25, 0.3) is 0 Å². The Kier molecular flexibility index (Phi) is 25.9. The number of ether oxygens (including phenoxy) is 2. The number of hydrogen-bond acceptors (Lipinski definition) is 10. The largest absolute Gasteiger partial charge is 0.496 e. The molecule has 0 spiro atoms. The number of halogens is 8. The molecule has 0 aliphatic heterocycles. The number of pyridine rings is 4. The molecule has 0 bridgehead atoms. The minimum Gasteiger partial charge on any atom is -0.496 e. The number of aliphatic hydroxyl groups is 2. The lowest BCUT2D eigenvalue weighted by molar-refractivity contribution is -0.271. The lowest BCUT2D eigenvalue weighted by Gasteiger charge is -2.39. The van der Waals surface area contributed by atoms with E-state index >= 15 is 0 Å². The summed E-state index contributed by atoms with van der Waals surface area (Å²) < 4.78 is 129. The van der Waals surface area contributed by atoms with Crippen molar-refractivity contribution in [2.45, 2.75) is 99.1 Å². The molecule has 6 N–H and O–H groups in total. The van der Waals surface area contributed by atoms with Crippen LogP contribution in [-0.2, 0) is 35.0 Å². The van der Waals surface area contributed by atoms with Crippen molar-refractivity contribution in [2.24, 2.45) is 4.99 Å². The zero-order valence-electron chi connectivity index (χ0n) is 68.0. The Hall–Kier alpha value is -13.6. The van der Waals surface area contributed by atoms with Gasteiger partial charge in [-0.1, -0.05) is 282 Å². The fraction of sp³-hybridized carbons (Fsp3) is 0.176. The summed E-state index contributed by atoms with van der Waals surface area (Å²) in [5, 5.41) is 38.4. The first-order chi connectivity index (χ1) is 58.5. The predicted octanol–water partition coefficient (Wildman–Crippen LogP) is 22.7. The van der Waals surface area contributed by atoms with E-state index in [4.69, 9.17) is 25.6 Å². The monoisotopic (exact) mass is 1640 g/mol. The third kappa shape index (κ3) is 18.6. The Morgan fingerprint density at radius 3 is 1.16 bits per heavy atom. The highest BCUT2D eigenvalue weighted by molar-refractivity contribution is 5.92. The second-order valence-electron chi connectivity index (χ2n) is 31.3. The number of nitrogens with two attached hydrogens (primary N) is 1. The third-order valence-corrected chi connectivity index (χ3v) is 22.1. The number of hydrogen-bond donors (Lipinski definition) is 5.